The second-order valence-electron chi connectivity index (χ2n) is 5.15. The van der Waals surface area contributed by atoms with E-state index in [9.17, 15) is 9.59 Å². The second kappa shape index (κ2) is 9.61. The summed E-state index contributed by atoms with van der Waals surface area (Å²) in [5.41, 5.74) is 0. The molecule has 0 aliphatic heterocycles. The van der Waals surface area contributed by atoms with Crippen molar-refractivity contribution in [3.8, 4) is 0 Å². The Bertz CT molecular complexity index is 282. The van der Waals surface area contributed by atoms with Gasteiger partial charge in [-0.15, -0.1) is 0 Å². The summed E-state index contributed by atoms with van der Waals surface area (Å²) in [6, 6.07) is -0.277. The van der Waals surface area contributed by atoms with Crippen LogP contribution in [0.3, 0.4) is 0 Å². The van der Waals surface area contributed by atoms with Crippen molar-refractivity contribution in [2.24, 2.45) is 11.8 Å². The number of hydrogen-bond donors (Lipinski definition) is 2. The van der Waals surface area contributed by atoms with Crippen LogP contribution in [0, 0.1) is 11.8 Å². The minimum atomic E-state index is -0.906. The van der Waals surface area contributed by atoms with Gasteiger partial charge < -0.3 is 20.1 Å². The van der Waals surface area contributed by atoms with Gasteiger partial charge in [-0.3, -0.25) is 4.79 Å². The molecule has 0 aromatic heterocycles. The van der Waals surface area contributed by atoms with Crippen molar-refractivity contribution in [2.45, 2.75) is 27.2 Å². The highest BCUT2D eigenvalue weighted by Crippen LogP contribution is 1.99. The Labute approximate surface area is 115 Å². The van der Waals surface area contributed by atoms with Crippen molar-refractivity contribution in [3.63, 3.8) is 0 Å². The number of ether oxygens (including phenoxy) is 1. The maximum atomic E-state index is 11.6. The first kappa shape index (κ1) is 17.7. The minimum absolute atomic E-state index is 0.190. The summed E-state index contributed by atoms with van der Waals surface area (Å²) in [5, 5.41) is 11.4. The zero-order valence-electron chi connectivity index (χ0n) is 12.3. The number of carboxylic acid groups (broad SMARTS) is 1. The molecule has 1 unspecified atom stereocenters. The maximum Gasteiger partial charge on any atom is 0.317 e. The normalized spacial score (nSPS) is 12.3. The lowest BCUT2D eigenvalue weighted by atomic mass is 10.1. The fourth-order valence-electron chi connectivity index (χ4n) is 1.36. The molecule has 0 heterocycles. The Morgan fingerprint density at radius 3 is 2.42 bits per heavy atom. The smallest absolute Gasteiger partial charge is 0.317 e. The number of nitrogens with one attached hydrogen (secondary N) is 1. The molecule has 0 aliphatic carbocycles. The highest BCUT2D eigenvalue weighted by molar-refractivity contribution is 5.75. The van der Waals surface area contributed by atoms with Gasteiger partial charge in [0, 0.05) is 26.7 Å². The van der Waals surface area contributed by atoms with E-state index >= 15 is 0 Å². The Morgan fingerprint density at radius 2 is 1.89 bits per heavy atom. The number of carbonyl (C=O) groups excluding carboxylic acids is 1. The van der Waals surface area contributed by atoms with Gasteiger partial charge in [0.05, 0.1) is 12.5 Å². The predicted molar refractivity (Wildman–Crippen MR) is 73.1 cm³/mol. The van der Waals surface area contributed by atoms with E-state index in [1.165, 1.54) is 4.90 Å². The molecular formula is C13H26N2O4. The van der Waals surface area contributed by atoms with Gasteiger partial charge in [-0.1, -0.05) is 20.8 Å². The molecule has 0 saturated carbocycles. The summed E-state index contributed by atoms with van der Waals surface area (Å²) in [5.74, 6) is -0.868. The molecule has 0 aliphatic rings. The fraction of sp³-hybridized carbons (Fsp3) is 0.846. The van der Waals surface area contributed by atoms with E-state index < -0.39 is 11.9 Å². The number of urea groups is 1. The zero-order valence-corrected chi connectivity index (χ0v) is 12.3. The largest absolute Gasteiger partial charge is 0.481 e. The maximum absolute atomic E-state index is 11.6. The van der Waals surface area contributed by atoms with E-state index in [-0.39, 0.29) is 12.6 Å². The van der Waals surface area contributed by atoms with E-state index in [1.807, 2.05) is 0 Å². The third-order valence-electron chi connectivity index (χ3n) is 2.68. The number of amides is 2. The number of rotatable bonds is 9. The molecule has 6 heteroatoms. The summed E-state index contributed by atoms with van der Waals surface area (Å²) >= 11 is 0. The van der Waals surface area contributed by atoms with Crippen LogP contribution in [0.5, 0.6) is 0 Å². The van der Waals surface area contributed by atoms with Crippen molar-refractivity contribution in [3.05, 3.63) is 0 Å². The molecule has 1 atom stereocenters. The molecule has 0 radical (unpaired) electrons. The summed E-state index contributed by atoms with van der Waals surface area (Å²) in [4.78, 5) is 23.6. The van der Waals surface area contributed by atoms with Gasteiger partial charge in [0.2, 0.25) is 0 Å². The number of nitrogens with zero attached hydrogens (tertiary/aromatic N) is 1. The molecule has 0 saturated heterocycles. The van der Waals surface area contributed by atoms with Crippen LogP contribution >= 0.6 is 0 Å². The topological polar surface area (TPSA) is 78.9 Å². The van der Waals surface area contributed by atoms with Crippen molar-refractivity contribution in [2.75, 3.05) is 33.4 Å². The van der Waals surface area contributed by atoms with Crippen LogP contribution in [0.1, 0.15) is 27.2 Å². The average molecular weight is 274 g/mol. The molecule has 112 valence electrons. The molecule has 2 N–H and O–H groups in total. The molecular weight excluding hydrogens is 248 g/mol. The van der Waals surface area contributed by atoms with Crippen LogP contribution in [-0.2, 0) is 9.53 Å². The van der Waals surface area contributed by atoms with Crippen molar-refractivity contribution < 1.29 is 19.4 Å². The van der Waals surface area contributed by atoms with Gasteiger partial charge in [-0.2, -0.15) is 0 Å². The summed E-state index contributed by atoms with van der Waals surface area (Å²) < 4.78 is 5.37. The van der Waals surface area contributed by atoms with Crippen LogP contribution in [-0.4, -0.2) is 55.4 Å². The Balaban J connectivity index is 3.65. The molecule has 19 heavy (non-hydrogen) atoms. The van der Waals surface area contributed by atoms with E-state index in [0.717, 1.165) is 6.42 Å². The third kappa shape index (κ3) is 9.30. The monoisotopic (exact) mass is 274 g/mol. The third-order valence-corrected chi connectivity index (χ3v) is 2.68. The van der Waals surface area contributed by atoms with Gasteiger partial charge in [-0.25, -0.2) is 4.79 Å². The first-order chi connectivity index (χ1) is 8.84. The van der Waals surface area contributed by atoms with Crippen molar-refractivity contribution in [1.29, 1.82) is 0 Å². The minimum Gasteiger partial charge on any atom is -0.481 e. The molecule has 6 nitrogen and oxygen atoms in total. The number of hydrogen-bond acceptors (Lipinski definition) is 3. The summed E-state index contributed by atoms with van der Waals surface area (Å²) in [6.45, 7) is 7.62. The highest BCUT2D eigenvalue weighted by atomic mass is 16.5. The van der Waals surface area contributed by atoms with Gasteiger partial charge in [-0.05, 0) is 12.3 Å². The Hall–Kier alpha value is -1.30. The Kier molecular flexibility index (Phi) is 8.95. The molecule has 2 amide bonds. The standard InChI is InChI=1S/C13H26N2O4/c1-10(2)5-7-19-8-6-14-13(18)15(4)9-11(3)12(16)17/h10-11H,5-9H2,1-4H3,(H,14,18)(H,16,17). The van der Waals surface area contributed by atoms with Crippen LogP contribution in [0.2, 0.25) is 0 Å². The van der Waals surface area contributed by atoms with E-state index in [1.54, 1.807) is 14.0 Å². The molecule has 0 spiro atoms. The van der Waals surface area contributed by atoms with Crippen LogP contribution < -0.4 is 5.32 Å². The lowest BCUT2D eigenvalue weighted by Gasteiger charge is -2.20. The first-order valence-electron chi connectivity index (χ1n) is 6.64. The lowest BCUT2D eigenvalue weighted by molar-refractivity contribution is -0.141. The molecule has 0 rings (SSSR count). The summed E-state index contributed by atoms with van der Waals surface area (Å²) in [6.07, 6.45) is 1.00. The average Bonchev–Trinajstić information content (AvgIpc) is 2.32. The first-order valence-corrected chi connectivity index (χ1v) is 6.64. The second-order valence-corrected chi connectivity index (χ2v) is 5.15. The van der Waals surface area contributed by atoms with Crippen molar-refractivity contribution in [1.82, 2.24) is 10.2 Å². The zero-order chi connectivity index (χ0) is 14.8. The molecule has 0 bridgehead atoms. The number of aliphatic carboxylic acids is 1. The van der Waals surface area contributed by atoms with Gasteiger partial charge in [0.1, 0.15) is 0 Å². The van der Waals surface area contributed by atoms with Gasteiger partial charge in [0.15, 0.2) is 0 Å². The van der Waals surface area contributed by atoms with E-state index in [0.29, 0.717) is 25.7 Å². The fourth-order valence-corrected chi connectivity index (χ4v) is 1.36. The van der Waals surface area contributed by atoms with Gasteiger partial charge >= 0.3 is 12.0 Å². The molecule has 0 aromatic carbocycles. The SMILES string of the molecule is CC(C)CCOCCNC(=O)N(C)CC(C)C(=O)O. The highest BCUT2D eigenvalue weighted by Gasteiger charge is 2.16. The quantitative estimate of drug-likeness (QED) is 0.623. The van der Waals surface area contributed by atoms with Gasteiger partial charge in [0.25, 0.3) is 0 Å². The van der Waals surface area contributed by atoms with Crippen LogP contribution in [0.4, 0.5) is 4.79 Å². The van der Waals surface area contributed by atoms with E-state index in [4.69, 9.17) is 9.84 Å². The number of carboxylic acids is 1. The predicted octanol–water partition coefficient (Wildman–Crippen LogP) is 1.41. The van der Waals surface area contributed by atoms with Crippen LogP contribution in [0.15, 0.2) is 0 Å². The van der Waals surface area contributed by atoms with E-state index in [2.05, 4.69) is 19.2 Å². The lowest BCUT2D eigenvalue weighted by Crippen LogP contribution is -2.41. The van der Waals surface area contributed by atoms with Crippen LogP contribution in [0.25, 0.3) is 0 Å². The molecule has 0 aromatic rings. The van der Waals surface area contributed by atoms with Crippen molar-refractivity contribution >= 4 is 12.0 Å². The number of carbonyl (C=O) groups is 2. The summed E-state index contributed by atoms with van der Waals surface area (Å²) in [7, 11) is 1.58. The molecule has 0 fully saturated rings. The Morgan fingerprint density at radius 1 is 1.26 bits per heavy atom.